The molecule has 2 aromatic rings. The van der Waals surface area contributed by atoms with Crippen molar-refractivity contribution in [2.24, 2.45) is 0 Å². The van der Waals surface area contributed by atoms with Crippen molar-refractivity contribution < 1.29 is 9.59 Å². The van der Waals surface area contributed by atoms with Crippen LogP contribution in [0.15, 0.2) is 48.5 Å². The molecule has 0 fully saturated rings. The molecule has 2 aromatic carbocycles. The molecule has 0 atom stereocenters. The summed E-state index contributed by atoms with van der Waals surface area (Å²) in [6, 6.07) is 15.0. The summed E-state index contributed by atoms with van der Waals surface area (Å²) in [6.45, 7) is 1.83. The lowest BCUT2D eigenvalue weighted by Gasteiger charge is -2.08. The second-order valence-electron chi connectivity index (χ2n) is 5.27. The van der Waals surface area contributed by atoms with Crippen molar-refractivity contribution in [2.45, 2.75) is 19.8 Å². The van der Waals surface area contributed by atoms with Gasteiger partial charge in [-0.15, -0.1) is 0 Å². The Hall–Kier alpha value is -2.33. The maximum atomic E-state index is 11.8. The molecule has 0 unspecified atom stereocenters. The standard InChI is InChI=1S/C18H19ClN2O2/c1-13-7-9-15(11-16(13)19)21-18(23)12-20-17(22)10-8-14-5-3-2-4-6-14/h2-7,9,11H,8,10,12H2,1H3,(H,20,22)(H,21,23). The fourth-order valence-electron chi connectivity index (χ4n) is 2.05. The Morgan fingerprint density at radius 1 is 1.04 bits per heavy atom. The Morgan fingerprint density at radius 2 is 1.78 bits per heavy atom. The first-order chi connectivity index (χ1) is 11.0. The average Bonchev–Trinajstić information content (AvgIpc) is 2.55. The van der Waals surface area contributed by atoms with Crippen LogP contribution in [0, 0.1) is 6.92 Å². The van der Waals surface area contributed by atoms with Crippen molar-refractivity contribution in [3.05, 3.63) is 64.7 Å². The minimum atomic E-state index is -0.280. The summed E-state index contributed by atoms with van der Waals surface area (Å²) in [5.74, 6) is -0.427. The molecular weight excluding hydrogens is 312 g/mol. The molecule has 0 radical (unpaired) electrons. The van der Waals surface area contributed by atoms with E-state index < -0.39 is 0 Å². The number of aryl methyl sites for hydroxylation is 2. The lowest BCUT2D eigenvalue weighted by Crippen LogP contribution is -2.32. The molecule has 4 nitrogen and oxygen atoms in total. The summed E-state index contributed by atoms with van der Waals surface area (Å²) in [6.07, 6.45) is 1.01. The summed E-state index contributed by atoms with van der Waals surface area (Å²) < 4.78 is 0. The molecule has 0 saturated heterocycles. The largest absolute Gasteiger partial charge is 0.347 e. The maximum Gasteiger partial charge on any atom is 0.243 e. The highest BCUT2D eigenvalue weighted by molar-refractivity contribution is 6.31. The lowest BCUT2D eigenvalue weighted by molar-refractivity contribution is -0.124. The molecular formula is C18H19ClN2O2. The van der Waals surface area contributed by atoms with Crippen LogP contribution < -0.4 is 10.6 Å². The van der Waals surface area contributed by atoms with Gasteiger partial charge in [0.25, 0.3) is 0 Å². The summed E-state index contributed by atoms with van der Waals surface area (Å²) in [5.41, 5.74) is 2.66. The Balaban J connectivity index is 1.73. The third kappa shape index (κ3) is 5.75. The number of rotatable bonds is 6. The second-order valence-corrected chi connectivity index (χ2v) is 5.68. The normalized spacial score (nSPS) is 10.2. The van der Waals surface area contributed by atoms with Crippen LogP contribution >= 0.6 is 11.6 Å². The number of nitrogens with one attached hydrogen (secondary N) is 2. The van der Waals surface area contributed by atoms with Gasteiger partial charge >= 0.3 is 0 Å². The highest BCUT2D eigenvalue weighted by Crippen LogP contribution is 2.19. The van der Waals surface area contributed by atoms with Gasteiger partial charge in [-0.25, -0.2) is 0 Å². The van der Waals surface area contributed by atoms with E-state index >= 15 is 0 Å². The highest BCUT2D eigenvalue weighted by atomic mass is 35.5. The van der Waals surface area contributed by atoms with Crippen molar-refractivity contribution >= 4 is 29.1 Å². The van der Waals surface area contributed by atoms with Gasteiger partial charge in [0.2, 0.25) is 11.8 Å². The topological polar surface area (TPSA) is 58.2 Å². The highest BCUT2D eigenvalue weighted by Gasteiger charge is 2.07. The number of benzene rings is 2. The predicted octanol–water partition coefficient (Wildman–Crippen LogP) is 3.34. The van der Waals surface area contributed by atoms with Crippen LogP contribution in [-0.2, 0) is 16.0 Å². The van der Waals surface area contributed by atoms with Crippen molar-refractivity contribution in [1.82, 2.24) is 5.32 Å². The van der Waals surface area contributed by atoms with Gasteiger partial charge in [0.15, 0.2) is 0 Å². The summed E-state index contributed by atoms with van der Waals surface area (Å²) in [4.78, 5) is 23.6. The smallest absolute Gasteiger partial charge is 0.243 e. The van der Waals surface area contributed by atoms with Crippen LogP contribution in [0.4, 0.5) is 5.69 Å². The monoisotopic (exact) mass is 330 g/mol. The van der Waals surface area contributed by atoms with Crippen LogP contribution in [0.1, 0.15) is 17.5 Å². The molecule has 0 heterocycles. The first-order valence-electron chi connectivity index (χ1n) is 7.41. The first-order valence-corrected chi connectivity index (χ1v) is 7.79. The molecule has 0 aromatic heterocycles. The Kier molecular flexibility index (Phi) is 6.18. The van der Waals surface area contributed by atoms with Gasteiger partial charge in [-0.1, -0.05) is 48.0 Å². The molecule has 0 bridgehead atoms. The molecule has 2 rings (SSSR count). The molecule has 0 aliphatic carbocycles. The van der Waals surface area contributed by atoms with E-state index in [9.17, 15) is 9.59 Å². The molecule has 0 spiro atoms. The van der Waals surface area contributed by atoms with Gasteiger partial charge in [-0.05, 0) is 36.6 Å². The first kappa shape index (κ1) is 17.0. The number of hydrogen-bond donors (Lipinski definition) is 2. The Bertz CT molecular complexity index is 687. The zero-order valence-corrected chi connectivity index (χ0v) is 13.7. The predicted molar refractivity (Wildman–Crippen MR) is 92.6 cm³/mol. The van der Waals surface area contributed by atoms with E-state index in [2.05, 4.69) is 10.6 Å². The van der Waals surface area contributed by atoms with E-state index in [1.54, 1.807) is 12.1 Å². The van der Waals surface area contributed by atoms with Crippen molar-refractivity contribution in [1.29, 1.82) is 0 Å². The van der Waals surface area contributed by atoms with E-state index in [4.69, 9.17) is 11.6 Å². The summed E-state index contributed by atoms with van der Waals surface area (Å²) >= 11 is 6.00. The molecule has 0 aliphatic heterocycles. The van der Waals surface area contributed by atoms with E-state index in [1.165, 1.54) is 0 Å². The number of amides is 2. The third-order valence-corrected chi connectivity index (χ3v) is 3.79. The summed E-state index contributed by atoms with van der Waals surface area (Å²) in [7, 11) is 0. The zero-order valence-electron chi connectivity index (χ0n) is 12.9. The van der Waals surface area contributed by atoms with E-state index in [-0.39, 0.29) is 18.4 Å². The van der Waals surface area contributed by atoms with Crippen LogP contribution in [0.5, 0.6) is 0 Å². The van der Waals surface area contributed by atoms with Crippen LogP contribution in [0.2, 0.25) is 5.02 Å². The fraction of sp³-hybridized carbons (Fsp3) is 0.222. The van der Waals surface area contributed by atoms with Gasteiger partial charge in [0, 0.05) is 17.1 Å². The van der Waals surface area contributed by atoms with E-state index in [1.807, 2.05) is 43.3 Å². The fourth-order valence-corrected chi connectivity index (χ4v) is 2.23. The molecule has 2 N–H and O–H groups in total. The maximum absolute atomic E-state index is 11.8. The average molecular weight is 331 g/mol. The summed E-state index contributed by atoms with van der Waals surface area (Å²) in [5, 5.41) is 5.91. The lowest BCUT2D eigenvalue weighted by atomic mass is 10.1. The van der Waals surface area contributed by atoms with Gasteiger partial charge in [-0.2, -0.15) is 0 Å². The molecule has 120 valence electrons. The van der Waals surface area contributed by atoms with Crippen LogP contribution in [-0.4, -0.2) is 18.4 Å². The van der Waals surface area contributed by atoms with E-state index in [0.717, 1.165) is 11.1 Å². The number of carbonyl (C=O) groups is 2. The van der Waals surface area contributed by atoms with Gasteiger partial charge in [-0.3, -0.25) is 9.59 Å². The number of anilines is 1. The number of carbonyl (C=O) groups excluding carboxylic acids is 2. The van der Waals surface area contributed by atoms with Gasteiger partial charge in [0.05, 0.1) is 6.54 Å². The van der Waals surface area contributed by atoms with Gasteiger partial charge < -0.3 is 10.6 Å². The third-order valence-electron chi connectivity index (χ3n) is 3.39. The minimum Gasteiger partial charge on any atom is -0.347 e. The van der Waals surface area contributed by atoms with E-state index in [0.29, 0.717) is 23.6 Å². The Labute approximate surface area is 140 Å². The van der Waals surface area contributed by atoms with Gasteiger partial charge in [0.1, 0.15) is 0 Å². The molecule has 5 heteroatoms. The number of hydrogen-bond acceptors (Lipinski definition) is 2. The quantitative estimate of drug-likeness (QED) is 0.853. The van der Waals surface area contributed by atoms with Crippen molar-refractivity contribution in [3.63, 3.8) is 0 Å². The molecule has 23 heavy (non-hydrogen) atoms. The van der Waals surface area contributed by atoms with Crippen molar-refractivity contribution in [2.75, 3.05) is 11.9 Å². The minimum absolute atomic E-state index is 0.0564. The molecule has 0 saturated carbocycles. The van der Waals surface area contributed by atoms with Crippen LogP contribution in [0.25, 0.3) is 0 Å². The molecule has 0 aliphatic rings. The Morgan fingerprint density at radius 3 is 2.48 bits per heavy atom. The van der Waals surface area contributed by atoms with Crippen LogP contribution in [0.3, 0.4) is 0 Å². The molecule has 2 amide bonds. The second kappa shape index (κ2) is 8.34. The number of halogens is 1. The zero-order chi connectivity index (χ0) is 16.7. The SMILES string of the molecule is Cc1ccc(NC(=O)CNC(=O)CCc2ccccc2)cc1Cl. The van der Waals surface area contributed by atoms with Crippen molar-refractivity contribution in [3.8, 4) is 0 Å².